The van der Waals surface area contributed by atoms with Gasteiger partial charge in [-0.3, -0.25) is 0 Å². The Balaban J connectivity index is 2.56. The smallest absolute Gasteiger partial charge is 0.387 e. The first kappa shape index (κ1) is 9.90. The Morgan fingerprint density at radius 1 is 1.13 bits per heavy atom. The minimum Gasteiger partial charge on any atom is -0.434 e. The summed E-state index contributed by atoms with van der Waals surface area (Å²) in [6.45, 7) is -0.822. The number of hydrogen-bond donors (Lipinski definition) is 0. The Labute approximate surface area is 86.3 Å². The summed E-state index contributed by atoms with van der Waals surface area (Å²) in [5.74, 6) is 0.225. The Morgan fingerprint density at radius 2 is 1.93 bits per heavy atom. The van der Waals surface area contributed by atoms with Crippen molar-refractivity contribution in [1.29, 1.82) is 0 Å². The van der Waals surface area contributed by atoms with Crippen molar-refractivity contribution in [1.82, 2.24) is 0 Å². The minimum absolute atomic E-state index is 0.225. The first-order chi connectivity index (χ1) is 7.16. The van der Waals surface area contributed by atoms with E-state index in [1.807, 2.05) is 25.1 Å². The third-order valence-electron chi connectivity index (χ3n) is 2.21. The highest BCUT2D eigenvalue weighted by Crippen LogP contribution is 2.27. The van der Waals surface area contributed by atoms with Gasteiger partial charge in [0.25, 0.3) is 0 Å². The van der Waals surface area contributed by atoms with Gasteiger partial charge in [-0.05, 0) is 18.4 Å². The Morgan fingerprint density at radius 3 is 2.67 bits per heavy atom. The second kappa shape index (κ2) is 3.85. The van der Waals surface area contributed by atoms with Crippen LogP contribution in [0.2, 0.25) is 0 Å². The van der Waals surface area contributed by atoms with Gasteiger partial charge in [0.15, 0.2) is 0 Å². The lowest BCUT2D eigenvalue weighted by molar-refractivity contribution is -0.0487. The van der Waals surface area contributed by atoms with E-state index in [2.05, 4.69) is 4.74 Å². The minimum atomic E-state index is -2.78. The zero-order valence-corrected chi connectivity index (χ0v) is 8.21. The first-order valence-corrected chi connectivity index (χ1v) is 4.61. The van der Waals surface area contributed by atoms with Crippen LogP contribution in [0, 0.1) is 6.92 Å². The van der Waals surface area contributed by atoms with Gasteiger partial charge < -0.3 is 4.74 Å². The third-order valence-corrected chi connectivity index (χ3v) is 2.21. The number of alkyl halides is 2. The lowest BCUT2D eigenvalue weighted by Crippen LogP contribution is -2.02. The van der Waals surface area contributed by atoms with E-state index in [0.717, 1.165) is 10.9 Å². The average molecular weight is 208 g/mol. The van der Waals surface area contributed by atoms with Crippen molar-refractivity contribution >= 4 is 10.8 Å². The summed E-state index contributed by atoms with van der Waals surface area (Å²) in [6.07, 6.45) is 0. The Bertz CT molecular complexity index is 480. The van der Waals surface area contributed by atoms with Crippen molar-refractivity contribution in [3.05, 3.63) is 42.0 Å². The number of benzene rings is 2. The van der Waals surface area contributed by atoms with E-state index in [-0.39, 0.29) is 5.75 Å². The molecule has 0 saturated heterocycles. The summed E-state index contributed by atoms with van der Waals surface area (Å²) in [7, 11) is 0. The van der Waals surface area contributed by atoms with Gasteiger partial charge in [0.2, 0.25) is 0 Å². The van der Waals surface area contributed by atoms with Crippen LogP contribution in [-0.2, 0) is 0 Å². The molecule has 3 heteroatoms. The molecule has 0 aromatic heterocycles. The molecule has 0 bridgehead atoms. The van der Waals surface area contributed by atoms with Crippen molar-refractivity contribution in [2.75, 3.05) is 0 Å². The Kier molecular flexibility index (Phi) is 2.54. The maximum absolute atomic E-state index is 12.1. The van der Waals surface area contributed by atoms with E-state index in [4.69, 9.17) is 0 Å². The predicted molar refractivity (Wildman–Crippen MR) is 55.3 cm³/mol. The van der Waals surface area contributed by atoms with E-state index in [0.29, 0.717) is 5.39 Å². The molecule has 0 spiro atoms. The molecule has 1 nitrogen and oxygen atoms in total. The molecular weight excluding hydrogens is 198 g/mol. The molecule has 0 atom stereocenters. The molecule has 15 heavy (non-hydrogen) atoms. The van der Waals surface area contributed by atoms with Gasteiger partial charge in [0.1, 0.15) is 5.75 Å². The summed E-state index contributed by atoms with van der Waals surface area (Å²) in [5.41, 5.74) is 1.09. The molecule has 0 aliphatic heterocycles. The van der Waals surface area contributed by atoms with Gasteiger partial charge in [-0.25, -0.2) is 0 Å². The van der Waals surface area contributed by atoms with E-state index >= 15 is 0 Å². The number of ether oxygens (including phenoxy) is 1. The summed E-state index contributed by atoms with van der Waals surface area (Å²) < 4.78 is 28.6. The summed E-state index contributed by atoms with van der Waals surface area (Å²) in [6, 6.07) is 10.7. The third kappa shape index (κ3) is 2.06. The molecule has 0 saturated carbocycles. The molecule has 0 N–H and O–H groups in total. The second-order valence-electron chi connectivity index (χ2n) is 3.36. The van der Waals surface area contributed by atoms with Crippen LogP contribution in [0.15, 0.2) is 36.4 Å². The monoisotopic (exact) mass is 208 g/mol. The van der Waals surface area contributed by atoms with Crippen LogP contribution in [0.3, 0.4) is 0 Å². The zero-order chi connectivity index (χ0) is 10.8. The van der Waals surface area contributed by atoms with Crippen LogP contribution >= 0.6 is 0 Å². The quantitative estimate of drug-likeness (QED) is 0.730. The van der Waals surface area contributed by atoms with Gasteiger partial charge in [0, 0.05) is 5.39 Å². The van der Waals surface area contributed by atoms with Crippen LogP contribution < -0.4 is 4.74 Å². The number of fused-ring (bicyclic) bond motifs is 1. The molecule has 0 heterocycles. The maximum atomic E-state index is 12.1. The van der Waals surface area contributed by atoms with Crippen molar-refractivity contribution in [3.63, 3.8) is 0 Å². The second-order valence-corrected chi connectivity index (χ2v) is 3.36. The number of rotatable bonds is 2. The van der Waals surface area contributed by atoms with Crippen molar-refractivity contribution < 1.29 is 13.5 Å². The SMILES string of the molecule is Cc1ccc2c(OC(F)F)cccc2c1. The number of hydrogen-bond acceptors (Lipinski definition) is 1. The lowest BCUT2D eigenvalue weighted by atomic mass is 10.1. The molecule has 0 aliphatic rings. The van der Waals surface area contributed by atoms with Crippen LogP contribution in [0.25, 0.3) is 10.8 Å². The van der Waals surface area contributed by atoms with E-state index < -0.39 is 6.61 Å². The molecule has 0 aliphatic carbocycles. The summed E-state index contributed by atoms with van der Waals surface area (Å²) in [5, 5.41) is 1.62. The van der Waals surface area contributed by atoms with E-state index in [1.54, 1.807) is 18.2 Å². The van der Waals surface area contributed by atoms with E-state index in [9.17, 15) is 8.78 Å². The fourth-order valence-electron chi connectivity index (χ4n) is 1.57. The topological polar surface area (TPSA) is 9.23 Å². The normalized spacial score (nSPS) is 10.9. The highest BCUT2D eigenvalue weighted by molar-refractivity contribution is 5.88. The molecule has 2 aromatic carbocycles. The molecule has 0 amide bonds. The van der Waals surface area contributed by atoms with Crippen molar-refractivity contribution in [2.24, 2.45) is 0 Å². The van der Waals surface area contributed by atoms with Crippen LogP contribution in [-0.4, -0.2) is 6.61 Å². The van der Waals surface area contributed by atoms with Gasteiger partial charge in [-0.1, -0.05) is 35.9 Å². The van der Waals surface area contributed by atoms with Crippen LogP contribution in [0.4, 0.5) is 8.78 Å². The van der Waals surface area contributed by atoms with Crippen LogP contribution in [0.5, 0.6) is 5.75 Å². The largest absolute Gasteiger partial charge is 0.434 e. The molecule has 0 unspecified atom stereocenters. The molecule has 0 radical (unpaired) electrons. The molecule has 2 aromatic rings. The molecule has 0 fully saturated rings. The zero-order valence-electron chi connectivity index (χ0n) is 8.21. The summed E-state index contributed by atoms with van der Waals surface area (Å²) in [4.78, 5) is 0. The average Bonchev–Trinajstić information content (AvgIpc) is 2.16. The van der Waals surface area contributed by atoms with Gasteiger partial charge >= 0.3 is 6.61 Å². The molecule has 78 valence electrons. The summed E-state index contributed by atoms with van der Waals surface area (Å²) >= 11 is 0. The van der Waals surface area contributed by atoms with E-state index in [1.165, 1.54) is 0 Å². The van der Waals surface area contributed by atoms with Crippen molar-refractivity contribution in [2.45, 2.75) is 13.5 Å². The Hall–Kier alpha value is -1.64. The number of halogens is 2. The van der Waals surface area contributed by atoms with Gasteiger partial charge in [-0.15, -0.1) is 0 Å². The standard InChI is InChI=1S/C12H10F2O/c1-8-5-6-10-9(7-8)3-2-4-11(10)15-12(13)14/h2-7,12H,1H3. The van der Waals surface area contributed by atoms with Gasteiger partial charge in [0.05, 0.1) is 0 Å². The van der Waals surface area contributed by atoms with Crippen molar-refractivity contribution in [3.8, 4) is 5.75 Å². The highest BCUT2D eigenvalue weighted by Gasteiger charge is 2.07. The highest BCUT2D eigenvalue weighted by atomic mass is 19.3. The first-order valence-electron chi connectivity index (χ1n) is 4.61. The fraction of sp³-hybridized carbons (Fsp3) is 0.167. The van der Waals surface area contributed by atoms with Gasteiger partial charge in [-0.2, -0.15) is 8.78 Å². The van der Waals surface area contributed by atoms with Crippen LogP contribution in [0.1, 0.15) is 5.56 Å². The maximum Gasteiger partial charge on any atom is 0.387 e. The molecular formula is C12H10F2O. The lowest BCUT2D eigenvalue weighted by Gasteiger charge is -2.08. The number of aryl methyl sites for hydroxylation is 1. The molecule has 2 rings (SSSR count). The fourth-order valence-corrected chi connectivity index (χ4v) is 1.57. The predicted octanol–water partition coefficient (Wildman–Crippen LogP) is 3.75.